The van der Waals surface area contributed by atoms with E-state index in [0.29, 0.717) is 19.7 Å². The van der Waals surface area contributed by atoms with Crippen LogP contribution in [-0.4, -0.2) is 56.7 Å². The van der Waals surface area contributed by atoms with E-state index in [1.807, 2.05) is 0 Å². The molecule has 1 heterocycles. The molecule has 0 aromatic carbocycles. The summed E-state index contributed by atoms with van der Waals surface area (Å²) in [5, 5.41) is 2.60. The quantitative estimate of drug-likeness (QED) is 0.708. The lowest BCUT2D eigenvalue weighted by Crippen LogP contribution is -2.43. The minimum atomic E-state index is -3.42. The van der Waals surface area contributed by atoms with Crippen LogP contribution in [0.25, 0.3) is 0 Å². The predicted molar refractivity (Wildman–Crippen MR) is 68.7 cm³/mol. The standard InChI is InChI=1S/C11H22N2O4S/c1-3-12-11(14)8-13(4-2)18(15,16)9-10-6-5-7-17-10/h10H,3-9H2,1-2H3,(H,12,14)/t10-/m1/s1. The van der Waals surface area contributed by atoms with Crippen LogP contribution < -0.4 is 5.32 Å². The molecule has 1 rings (SSSR count). The molecule has 0 aromatic rings. The van der Waals surface area contributed by atoms with Crippen LogP contribution in [0.5, 0.6) is 0 Å². The lowest BCUT2D eigenvalue weighted by molar-refractivity contribution is -0.121. The van der Waals surface area contributed by atoms with Crippen molar-refractivity contribution in [3.63, 3.8) is 0 Å². The van der Waals surface area contributed by atoms with Crippen LogP contribution in [0.1, 0.15) is 26.7 Å². The summed E-state index contributed by atoms with van der Waals surface area (Å²) < 4.78 is 30.8. The van der Waals surface area contributed by atoms with Crippen molar-refractivity contribution in [3.8, 4) is 0 Å². The SMILES string of the molecule is CCNC(=O)CN(CC)S(=O)(=O)C[C@H]1CCCO1. The highest BCUT2D eigenvalue weighted by Gasteiger charge is 2.28. The van der Waals surface area contributed by atoms with E-state index in [4.69, 9.17) is 4.74 Å². The lowest BCUT2D eigenvalue weighted by Gasteiger charge is -2.21. The number of nitrogens with one attached hydrogen (secondary N) is 1. The predicted octanol–water partition coefficient (Wildman–Crippen LogP) is -0.0468. The van der Waals surface area contributed by atoms with E-state index >= 15 is 0 Å². The minimum Gasteiger partial charge on any atom is -0.377 e. The van der Waals surface area contributed by atoms with Crippen molar-refractivity contribution in [2.75, 3.05) is 32.0 Å². The van der Waals surface area contributed by atoms with E-state index < -0.39 is 10.0 Å². The Hall–Kier alpha value is -0.660. The van der Waals surface area contributed by atoms with Gasteiger partial charge in [0.1, 0.15) is 0 Å². The van der Waals surface area contributed by atoms with Gasteiger partial charge in [-0.2, -0.15) is 4.31 Å². The van der Waals surface area contributed by atoms with Gasteiger partial charge in [-0.25, -0.2) is 8.42 Å². The van der Waals surface area contributed by atoms with Gasteiger partial charge in [-0.1, -0.05) is 6.92 Å². The lowest BCUT2D eigenvalue weighted by atomic mass is 10.3. The summed E-state index contributed by atoms with van der Waals surface area (Å²) in [6.07, 6.45) is 1.46. The van der Waals surface area contributed by atoms with Gasteiger partial charge in [0, 0.05) is 19.7 Å². The van der Waals surface area contributed by atoms with Crippen LogP contribution in [0.15, 0.2) is 0 Å². The van der Waals surface area contributed by atoms with Crippen LogP contribution in [0.3, 0.4) is 0 Å². The molecule has 1 saturated heterocycles. The van der Waals surface area contributed by atoms with Gasteiger partial charge >= 0.3 is 0 Å². The first kappa shape index (κ1) is 15.4. The van der Waals surface area contributed by atoms with Crippen LogP contribution in [0.4, 0.5) is 0 Å². The summed E-state index contributed by atoms with van der Waals surface area (Å²) in [5.41, 5.74) is 0. The Morgan fingerprint density at radius 3 is 2.67 bits per heavy atom. The summed E-state index contributed by atoms with van der Waals surface area (Å²) >= 11 is 0. The molecule has 0 spiro atoms. The molecule has 0 aliphatic carbocycles. The molecule has 18 heavy (non-hydrogen) atoms. The number of rotatable bonds is 7. The Kier molecular flexibility index (Phi) is 6.04. The normalized spacial score (nSPS) is 20.3. The third-order valence-electron chi connectivity index (χ3n) is 2.86. The smallest absolute Gasteiger partial charge is 0.235 e. The molecular weight excluding hydrogens is 256 g/mol. The number of ether oxygens (including phenoxy) is 1. The number of hydrogen-bond acceptors (Lipinski definition) is 4. The number of likely N-dealkylation sites (N-methyl/N-ethyl adjacent to an activating group) is 2. The van der Waals surface area contributed by atoms with Crippen LogP contribution >= 0.6 is 0 Å². The zero-order chi connectivity index (χ0) is 13.6. The van der Waals surface area contributed by atoms with Crippen LogP contribution in [0.2, 0.25) is 0 Å². The molecule has 106 valence electrons. The first-order chi connectivity index (χ1) is 8.49. The highest BCUT2D eigenvalue weighted by Crippen LogP contribution is 2.15. The Morgan fingerprint density at radius 2 is 2.17 bits per heavy atom. The maximum absolute atomic E-state index is 12.1. The van der Waals surface area contributed by atoms with Crippen molar-refractivity contribution >= 4 is 15.9 Å². The van der Waals surface area contributed by atoms with E-state index in [0.717, 1.165) is 12.8 Å². The van der Waals surface area contributed by atoms with Gasteiger partial charge in [-0.15, -0.1) is 0 Å². The Labute approximate surface area is 109 Å². The van der Waals surface area contributed by atoms with Gasteiger partial charge in [-0.05, 0) is 19.8 Å². The Balaban J connectivity index is 2.58. The number of amides is 1. The molecule has 7 heteroatoms. The highest BCUT2D eigenvalue weighted by molar-refractivity contribution is 7.89. The topological polar surface area (TPSA) is 75.7 Å². The summed E-state index contributed by atoms with van der Waals surface area (Å²) in [6.45, 7) is 4.84. The van der Waals surface area contributed by atoms with Crippen molar-refractivity contribution < 1.29 is 17.9 Å². The van der Waals surface area contributed by atoms with Gasteiger partial charge in [0.25, 0.3) is 0 Å². The van der Waals surface area contributed by atoms with E-state index in [9.17, 15) is 13.2 Å². The monoisotopic (exact) mass is 278 g/mol. The third kappa shape index (κ3) is 4.55. The zero-order valence-electron chi connectivity index (χ0n) is 11.0. The first-order valence-electron chi connectivity index (χ1n) is 6.35. The number of sulfonamides is 1. The number of carbonyl (C=O) groups excluding carboxylic acids is 1. The van der Waals surface area contributed by atoms with Gasteiger partial charge < -0.3 is 10.1 Å². The number of nitrogens with zero attached hydrogens (tertiary/aromatic N) is 1. The molecule has 0 radical (unpaired) electrons. The summed E-state index contributed by atoms with van der Waals surface area (Å²) in [4.78, 5) is 11.4. The van der Waals surface area contributed by atoms with Crippen molar-refractivity contribution in [2.45, 2.75) is 32.8 Å². The largest absolute Gasteiger partial charge is 0.377 e. The second-order valence-electron chi connectivity index (χ2n) is 4.29. The Bertz CT molecular complexity index is 363. The third-order valence-corrected chi connectivity index (χ3v) is 4.83. The molecule has 1 fully saturated rings. The first-order valence-corrected chi connectivity index (χ1v) is 7.96. The summed E-state index contributed by atoms with van der Waals surface area (Å²) in [7, 11) is -3.42. The maximum Gasteiger partial charge on any atom is 0.235 e. The van der Waals surface area contributed by atoms with E-state index in [1.54, 1.807) is 13.8 Å². The molecule has 0 unspecified atom stereocenters. The Morgan fingerprint density at radius 1 is 1.44 bits per heavy atom. The average Bonchev–Trinajstić information content (AvgIpc) is 2.78. The molecule has 6 nitrogen and oxygen atoms in total. The fourth-order valence-corrected chi connectivity index (χ4v) is 3.59. The average molecular weight is 278 g/mol. The maximum atomic E-state index is 12.1. The molecule has 1 amide bonds. The van der Waals surface area contributed by atoms with Gasteiger partial charge in [0.2, 0.25) is 15.9 Å². The van der Waals surface area contributed by atoms with Crippen molar-refractivity contribution in [2.24, 2.45) is 0 Å². The van der Waals surface area contributed by atoms with Gasteiger partial charge in [0.15, 0.2) is 0 Å². The molecule has 0 bridgehead atoms. The number of hydrogen-bond donors (Lipinski definition) is 1. The molecule has 1 N–H and O–H groups in total. The van der Waals surface area contributed by atoms with E-state index in [2.05, 4.69) is 5.32 Å². The fraction of sp³-hybridized carbons (Fsp3) is 0.909. The van der Waals surface area contributed by atoms with E-state index in [-0.39, 0.29) is 24.3 Å². The molecule has 0 saturated carbocycles. The van der Waals surface area contributed by atoms with Gasteiger partial charge in [-0.3, -0.25) is 4.79 Å². The highest BCUT2D eigenvalue weighted by atomic mass is 32.2. The van der Waals surface area contributed by atoms with E-state index in [1.165, 1.54) is 4.31 Å². The fourth-order valence-electron chi connectivity index (χ4n) is 1.94. The second-order valence-corrected chi connectivity index (χ2v) is 6.31. The van der Waals surface area contributed by atoms with Crippen molar-refractivity contribution in [1.82, 2.24) is 9.62 Å². The van der Waals surface area contributed by atoms with Crippen molar-refractivity contribution in [1.29, 1.82) is 0 Å². The molecule has 1 aliphatic heterocycles. The molecular formula is C11H22N2O4S. The summed E-state index contributed by atoms with van der Waals surface area (Å²) in [5.74, 6) is -0.296. The number of carbonyl (C=O) groups is 1. The zero-order valence-corrected chi connectivity index (χ0v) is 11.8. The van der Waals surface area contributed by atoms with Crippen LogP contribution in [0, 0.1) is 0 Å². The summed E-state index contributed by atoms with van der Waals surface area (Å²) in [6, 6.07) is 0. The van der Waals surface area contributed by atoms with Gasteiger partial charge in [0.05, 0.1) is 18.4 Å². The molecule has 1 atom stereocenters. The minimum absolute atomic E-state index is 0.0275. The molecule has 1 aliphatic rings. The second kappa shape index (κ2) is 7.06. The van der Waals surface area contributed by atoms with Crippen LogP contribution in [-0.2, 0) is 19.6 Å². The van der Waals surface area contributed by atoms with Crippen molar-refractivity contribution in [3.05, 3.63) is 0 Å². The molecule has 0 aromatic heterocycles.